The molecule has 7 nitrogen and oxygen atoms in total. The first kappa shape index (κ1) is 14.6. The fourth-order valence-electron chi connectivity index (χ4n) is 1.61. The van der Waals surface area contributed by atoms with Gasteiger partial charge in [0.15, 0.2) is 11.0 Å². The highest BCUT2D eigenvalue weighted by Gasteiger charge is 2.14. The molecule has 0 atom stereocenters. The molecule has 0 amide bonds. The number of halogens is 2. The lowest BCUT2D eigenvalue weighted by Crippen LogP contribution is -2.32. The molecule has 9 heteroatoms. The van der Waals surface area contributed by atoms with Crippen LogP contribution in [-0.4, -0.2) is 15.0 Å². The Hall–Kier alpha value is -1.83. The topological polar surface area (TPSA) is 120 Å². The van der Waals surface area contributed by atoms with E-state index in [1.807, 2.05) is 18.2 Å². The molecular formula is C11H13Cl2N7. The molecule has 6 N–H and O–H groups in total. The number of hydrazine groups is 1. The minimum absolute atomic E-state index is 0.00267. The van der Waals surface area contributed by atoms with E-state index in [4.69, 9.17) is 40.5 Å². The standard InChI is InChI=1S/C11H13Cl2N7/c12-4-6-2-1-3-7(17-6)5-20(16)10-8(14)9(13)18-11(15)19-10/h1-3H,4-5,14,16H2,(H2,15,18,19). The van der Waals surface area contributed by atoms with Gasteiger partial charge in [-0.3, -0.25) is 9.99 Å². The average Bonchev–Trinajstić information content (AvgIpc) is 2.43. The maximum Gasteiger partial charge on any atom is 0.223 e. The van der Waals surface area contributed by atoms with Gasteiger partial charge in [-0.05, 0) is 12.1 Å². The molecule has 0 radical (unpaired) electrons. The van der Waals surface area contributed by atoms with Gasteiger partial charge >= 0.3 is 0 Å². The van der Waals surface area contributed by atoms with E-state index >= 15 is 0 Å². The number of nitrogens with zero attached hydrogens (tertiary/aromatic N) is 4. The third-order valence-electron chi connectivity index (χ3n) is 2.50. The average molecular weight is 314 g/mol. The number of nitrogen functional groups attached to an aromatic ring is 2. The molecule has 2 aromatic heterocycles. The van der Waals surface area contributed by atoms with Crippen molar-refractivity contribution in [1.29, 1.82) is 0 Å². The van der Waals surface area contributed by atoms with Crippen LogP contribution in [0.5, 0.6) is 0 Å². The van der Waals surface area contributed by atoms with Crippen molar-refractivity contribution in [2.24, 2.45) is 5.84 Å². The number of rotatable bonds is 4. The molecule has 2 heterocycles. The van der Waals surface area contributed by atoms with Crippen LogP contribution < -0.4 is 22.3 Å². The van der Waals surface area contributed by atoms with Crippen LogP contribution in [-0.2, 0) is 12.4 Å². The summed E-state index contributed by atoms with van der Waals surface area (Å²) in [5, 5.41) is 1.37. The molecule has 0 fully saturated rings. The van der Waals surface area contributed by atoms with E-state index < -0.39 is 0 Å². The van der Waals surface area contributed by atoms with E-state index in [1.54, 1.807) is 0 Å². The monoisotopic (exact) mass is 313 g/mol. The summed E-state index contributed by atoms with van der Waals surface area (Å²) >= 11 is 11.6. The van der Waals surface area contributed by atoms with Gasteiger partial charge in [0, 0.05) is 0 Å². The lowest BCUT2D eigenvalue weighted by molar-refractivity contribution is 0.804. The van der Waals surface area contributed by atoms with Crippen LogP contribution in [0.1, 0.15) is 11.4 Å². The fraction of sp³-hybridized carbons (Fsp3) is 0.182. The Balaban J connectivity index is 2.25. The smallest absolute Gasteiger partial charge is 0.223 e. The van der Waals surface area contributed by atoms with Gasteiger partial charge in [0.25, 0.3) is 0 Å². The molecule has 0 unspecified atom stereocenters. The molecule has 20 heavy (non-hydrogen) atoms. The highest BCUT2D eigenvalue weighted by atomic mass is 35.5. The molecule has 2 rings (SSSR count). The number of pyridine rings is 1. The first-order chi connectivity index (χ1) is 9.51. The summed E-state index contributed by atoms with van der Waals surface area (Å²) in [7, 11) is 0. The molecule has 0 aromatic carbocycles. The Morgan fingerprint density at radius 1 is 1.10 bits per heavy atom. The van der Waals surface area contributed by atoms with Crippen molar-refractivity contribution in [3.63, 3.8) is 0 Å². The van der Waals surface area contributed by atoms with Crippen molar-refractivity contribution in [2.45, 2.75) is 12.4 Å². The number of alkyl halides is 1. The predicted octanol–water partition coefficient (Wildman–Crippen LogP) is 1.31. The maximum atomic E-state index is 5.93. The van der Waals surface area contributed by atoms with Gasteiger partial charge < -0.3 is 11.5 Å². The van der Waals surface area contributed by atoms with Gasteiger partial charge in [-0.1, -0.05) is 17.7 Å². The van der Waals surface area contributed by atoms with E-state index in [9.17, 15) is 0 Å². The van der Waals surface area contributed by atoms with Crippen LogP contribution in [0.2, 0.25) is 5.15 Å². The molecule has 106 valence electrons. The summed E-state index contributed by atoms with van der Waals surface area (Å²) in [6.45, 7) is 0.279. The summed E-state index contributed by atoms with van der Waals surface area (Å²) in [6, 6.07) is 5.49. The van der Waals surface area contributed by atoms with Crippen molar-refractivity contribution >= 4 is 40.7 Å². The second-order valence-electron chi connectivity index (χ2n) is 3.99. The summed E-state index contributed by atoms with van der Waals surface area (Å²) in [5.41, 5.74) is 13.0. The number of hydrogen-bond donors (Lipinski definition) is 3. The van der Waals surface area contributed by atoms with Crippen LogP contribution in [0, 0.1) is 0 Å². The zero-order chi connectivity index (χ0) is 14.7. The molecule has 2 aromatic rings. The van der Waals surface area contributed by atoms with Crippen LogP contribution in [0.4, 0.5) is 17.5 Å². The SMILES string of the molecule is Nc1nc(Cl)c(N)c(N(N)Cc2cccc(CCl)n2)n1. The quantitative estimate of drug-likeness (QED) is 0.337. The largest absolute Gasteiger partial charge is 0.393 e. The maximum absolute atomic E-state index is 5.93. The Kier molecular flexibility index (Phi) is 4.43. The molecule has 0 aliphatic carbocycles. The first-order valence-electron chi connectivity index (χ1n) is 5.62. The Labute approximate surface area is 125 Å². The van der Waals surface area contributed by atoms with Crippen molar-refractivity contribution in [3.8, 4) is 0 Å². The molecule has 0 spiro atoms. The van der Waals surface area contributed by atoms with Crippen LogP contribution in [0.3, 0.4) is 0 Å². The number of aromatic nitrogens is 3. The number of hydrogen-bond acceptors (Lipinski definition) is 7. The predicted molar refractivity (Wildman–Crippen MR) is 80.0 cm³/mol. The number of anilines is 3. The number of nitrogens with two attached hydrogens (primary N) is 3. The Bertz CT molecular complexity index is 620. The molecular weight excluding hydrogens is 301 g/mol. The molecule has 0 aliphatic heterocycles. The molecule has 0 bridgehead atoms. The minimum Gasteiger partial charge on any atom is -0.393 e. The third-order valence-corrected chi connectivity index (χ3v) is 3.06. The van der Waals surface area contributed by atoms with Gasteiger partial charge in [0.05, 0.1) is 23.8 Å². The zero-order valence-corrected chi connectivity index (χ0v) is 11.9. The van der Waals surface area contributed by atoms with Gasteiger partial charge in [0.1, 0.15) is 5.69 Å². The van der Waals surface area contributed by atoms with Crippen molar-refractivity contribution in [2.75, 3.05) is 16.5 Å². The second-order valence-corrected chi connectivity index (χ2v) is 4.62. The molecule has 0 aliphatic rings. The lowest BCUT2D eigenvalue weighted by Gasteiger charge is -2.19. The highest BCUT2D eigenvalue weighted by Crippen LogP contribution is 2.26. The summed E-state index contributed by atoms with van der Waals surface area (Å²) in [4.78, 5) is 12.0. The Morgan fingerprint density at radius 3 is 2.50 bits per heavy atom. The van der Waals surface area contributed by atoms with Crippen LogP contribution >= 0.6 is 23.2 Å². The van der Waals surface area contributed by atoms with E-state index in [0.29, 0.717) is 5.88 Å². The van der Waals surface area contributed by atoms with Gasteiger partial charge in [-0.2, -0.15) is 9.97 Å². The highest BCUT2D eigenvalue weighted by molar-refractivity contribution is 6.32. The van der Waals surface area contributed by atoms with Crippen molar-refractivity contribution in [1.82, 2.24) is 15.0 Å². The van der Waals surface area contributed by atoms with E-state index in [-0.39, 0.29) is 29.2 Å². The third kappa shape index (κ3) is 3.19. The zero-order valence-electron chi connectivity index (χ0n) is 10.4. The summed E-state index contributed by atoms with van der Waals surface area (Å²) in [5.74, 6) is 6.51. The van der Waals surface area contributed by atoms with Gasteiger partial charge in [-0.25, -0.2) is 5.84 Å². The minimum atomic E-state index is -0.00267. The van der Waals surface area contributed by atoms with Crippen molar-refractivity contribution in [3.05, 3.63) is 34.7 Å². The summed E-state index contributed by atoms with van der Waals surface area (Å²) < 4.78 is 0. The van der Waals surface area contributed by atoms with E-state index in [1.165, 1.54) is 5.01 Å². The molecule has 0 saturated heterocycles. The van der Waals surface area contributed by atoms with Crippen LogP contribution in [0.25, 0.3) is 0 Å². The second kappa shape index (κ2) is 6.08. The Morgan fingerprint density at radius 2 is 1.80 bits per heavy atom. The fourth-order valence-corrected chi connectivity index (χ4v) is 1.93. The van der Waals surface area contributed by atoms with E-state index in [0.717, 1.165) is 11.4 Å². The lowest BCUT2D eigenvalue weighted by atomic mass is 10.3. The van der Waals surface area contributed by atoms with E-state index in [2.05, 4.69) is 15.0 Å². The normalized spacial score (nSPS) is 10.6. The summed E-state index contributed by atoms with van der Waals surface area (Å²) in [6.07, 6.45) is 0. The van der Waals surface area contributed by atoms with Gasteiger partial charge in [-0.15, -0.1) is 11.6 Å². The van der Waals surface area contributed by atoms with Crippen LogP contribution in [0.15, 0.2) is 18.2 Å². The first-order valence-corrected chi connectivity index (χ1v) is 6.54. The molecule has 0 saturated carbocycles. The van der Waals surface area contributed by atoms with Gasteiger partial charge in [0.2, 0.25) is 5.95 Å². The van der Waals surface area contributed by atoms with Crippen molar-refractivity contribution < 1.29 is 0 Å².